The molecule has 1 aromatic carbocycles. The largest absolute Gasteiger partial charge is 0.378 e. The fourth-order valence-corrected chi connectivity index (χ4v) is 1.92. The third-order valence-electron chi connectivity index (χ3n) is 3.52. The van der Waals surface area contributed by atoms with E-state index in [2.05, 4.69) is 20.6 Å². The summed E-state index contributed by atoms with van der Waals surface area (Å²) in [6, 6.07) is 9.63. The van der Waals surface area contributed by atoms with E-state index in [1.807, 2.05) is 57.1 Å². The van der Waals surface area contributed by atoms with Crippen LogP contribution in [0.25, 0.3) is 0 Å². The van der Waals surface area contributed by atoms with E-state index < -0.39 is 0 Å². The third kappa shape index (κ3) is 4.67. The second-order valence-electron chi connectivity index (χ2n) is 5.61. The molecule has 2 N–H and O–H groups in total. The Bertz CT molecular complexity index is 654. The van der Waals surface area contributed by atoms with Crippen LogP contribution in [0.4, 0.5) is 17.3 Å². The molecular weight excluding hydrogens is 290 g/mol. The maximum absolute atomic E-state index is 12.1. The maximum Gasteiger partial charge on any atom is 0.270 e. The Morgan fingerprint density at radius 2 is 1.91 bits per heavy atom. The Hall–Kier alpha value is -2.63. The van der Waals surface area contributed by atoms with Crippen LogP contribution in [-0.2, 0) is 0 Å². The number of carbonyl (C=O) groups excluding carboxylic acids is 1. The lowest BCUT2D eigenvalue weighted by molar-refractivity contribution is 0.0934. The summed E-state index contributed by atoms with van der Waals surface area (Å²) in [6.45, 7) is 3.99. The topological polar surface area (TPSA) is 70.2 Å². The molecule has 0 saturated carbocycles. The van der Waals surface area contributed by atoms with Gasteiger partial charge in [-0.15, -0.1) is 0 Å². The second-order valence-corrected chi connectivity index (χ2v) is 5.61. The van der Waals surface area contributed by atoms with E-state index >= 15 is 0 Å². The Balaban J connectivity index is 2.09. The minimum Gasteiger partial charge on any atom is -0.378 e. The number of aromatic nitrogens is 2. The van der Waals surface area contributed by atoms with Gasteiger partial charge < -0.3 is 15.5 Å². The van der Waals surface area contributed by atoms with E-state index in [-0.39, 0.29) is 11.9 Å². The minimum atomic E-state index is -0.187. The molecule has 0 fully saturated rings. The van der Waals surface area contributed by atoms with Gasteiger partial charge in [-0.2, -0.15) is 0 Å². The molecule has 1 unspecified atom stereocenters. The molecule has 1 atom stereocenters. The van der Waals surface area contributed by atoms with Crippen LogP contribution in [0.1, 0.15) is 30.8 Å². The van der Waals surface area contributed by atoms with Gasteiger partial charge in [0.25, 0.3) is 5.91 Å². The van der Waals surface area contributed by atoms with Crippen molar-refractivity contribution in [2.75, 3.05) is 24.3 Å². The van der Waals surface area contributed by atoms with E-state index in [1.54, 1.807) is 12.3 Å². The van der Waals surface area contributed by atoms with Crippen molar-refractivity contribution in [3.8, 4) is 0 Å². The number of anilines is 3. The Morgan fingerprint density at radius 1 is 1.22 bits per heavy atom. The summed E-state index contributed by atoms with van der Waals surface area (Å²) < 4.78 is 0. The monoisotopic (exact) mass is 313 g/mol. The average molecular weight is 313 g/mol. The predicted octanol–water partition coefficient (Wildman–Crippen LogP) is 2.81. The van der Waals surface area contributed by atoms with Gasteiger partial charge in [-0.3, -0.25) is 4.79 Å². The van der Waals surface area contributed by atoms with Crippen molar-refractivity contribution in [2.45, 2.75) is 26.3 Å². The van der Waals surface area contributed by atoms with Crippen molar-refractivity contribution in [1.29, 1.82) is 0 Å². The summed E-state index contributed by atoms with van der Waals surface area (Å²) in [5, 5.41) is 6.01. The van der Waals surface area contributed by atoms with E-state index in [0.717, 1.165) is 17.8 Å². The highest BCUT2D eigenvalue weighted by Gasteiger charge is 2.11. The summed E-state index contributed by atoms with van der Waals surface area (Å²) in [7, 11) is 3.98. The third-order valence-corrected chi connectivity index (χ3v) is 3.52. The zero-order chi connectivity index (χ0) is 16.8. The fourth-order valence-electron chi connectivity index (χ4n) is 1.92. The number of rotatable bonds is 6. The normalized spacial score (nSPS) is 11.7. The van der Waals surface area contributed by atoms with Gasteiger partial charge in [-0.25, -0.2) is 9.97 Å². The van der Waals surface area contributed by atoms with Gasteiger partial charge in [0.05, 0.1) is 0 Å². The lowest BCUT2D eigenvalue weighted by atomic mass is 10.2. The fraction of sp³-hybridized carbons (Fsp3) is 0.353. The standard InChI is InChI=1S/C17H23N5O/c1-5-12(2)19-16(23)15-10-11-18-17(21-15)20-13-6-8-14(9-7-13)22(3)4/h6-12H,5H2,1-4H3,(H,19,23)(H,18,20,21). The van der Waals surface area contributed by atoms with Gasteiger partial charge in [0.15, 0.2) is 0 Å². The van der Waals surface area contributed by atoms with E-state index in [0.29, 0.717) is 11.6 Å². The van der Waals surface area contributed by atoms with Crippen molar-refractivity contribution >= 4 is 23.2 Å². The van der Waals surface area contributed by atoms with Crippen LogP contribution in [0.5, 0.6) is 0 Å². The molecule has 1 heterocycles. The maximum atomic E-state index is 12.1. The molecule has 2 rings (SSSR count). The predicted molar refractivity (Wildman–Crippen MR) is 93.3 cm³/mol. The molecule has 0 spiro atoms. The summed E-state index contributed by atoms with van der Waals surface area (Å²) in [5.74, 6) is 0.215. The second kappa shape index (κ2) is 7.58. The Morgan fingerprint density at radius 3 is 2.52 bits per heavy atom. The summed E-state index contributed by atoms with van der Waals surface area (Å²) in [5.41, 5.74) is 2.33. The van der Waals surface area contributed by atoms with Crippen molar-refractivity contribution in [3.05, 3.63) is 42.2 Å². The highest BCUT2D eigenvalue weighted by atomic mass is 16.1. The molecule has 2 aromatic rings. The van der Waals surface area contributed by atoms with Crippen LogP contribution in [0.3, 0.4) is 0 Å². The zero-order valence-electron chi connectivity index (χ0n) is 14.0. The van der Waals surface area contributed by atoms with Crippen LogP contribution in [0, 0.1) is 0 Å². The molecule has 0 aliphatic heterocycles. The molecule has 1 amide bonds. The van der Waals surface area contributed by atoms with Gasteiger partial charge >= 0.3 is 0 Å². The average Bonchev–Trinajstić information content (AvgIpc) is 2.55. The zero-order valence-corrected chi connectivity index (χ0v) is 14.0. The molecule has 0 bridgehead atoms. The first-order chi connectivity index (χ1) is 11.0. The first-order valence-corrected chi connectivity index (χ1v) is 7.68. The van der Waals surface area contributed by atoms with E-state index in [4.69, 9.17) is 0 Å². The smallest absolute Gasteiger partial charge is 0.270 e. The number of nitrogens with zero attached hydrogens (tertiary/aromatic N) is 3. The molecule has 0 radical (unpaired) electrons. The van der Waals surface area contributed by atoms with Crippen LogP contribution in [0.2, 0.25) is 0 Å². The first kappa shape index (κ1) is 16.7. The SMILES string of the molecule is CCC(C)NC(=O)c1ccnc(Nc2ccc(N(C)C)cc2)n1. The quantitative estimate of drug-likeness (QED) is 0.858. The lowest BCUT2D eigenvalue weighted by Gasteiger charge is -2.13. The van der Waals surface area contributed by atoms with Gasteiger partial charge in [-0.1, -0.05) is 6.92 Å². The van der Waals surface area contributed by atoms with E-state index in [1.165, 1.54) is 0 Å². The lowest BCUT2D eigenvalue weighted by Crippen LogP contribution is -2.32. The molecular formula is C17H23N5O. The Labute approximate surface area is 137 Å². The number of hydrogen-bond acceptors (Lipinski definition) is 5. The van der Waals surface area contributed by atoms with Crippen LogP contribution in [-0.4, -0.2) is 36.0 Å². The van der Waals surface area contributed by atoms with Gasteiger partial charge in [0.2, 0.25) is 5.95 Å². The molecule has 0 saturated heterocycles. The van der Waals surface area contributed by atoms with Gasteiger partial charge in [-0.05, 0) is 43.7 Å². The number of benzene rings is 1. The van der Waals surface area contributed by atoms with Crippen molar-refractivity contribution < 1.29 is 4.79 Å². The summed E-state index contributed by atoms with van der Waals surface area (Å²) in [6.07, 6.45) is 2.45. The van der Waals surface area contributed by atoms with Crippen LogP contribution in [0.15, 0.2) is 36.5 Å². The summed E-state index contributed by atoms with van der Waals surface area (Å²) in [4.78, 5) is 22.6. The van der Waals surface area contributed by atoms with Crippen LogP contribution >= 0.6 is 0 Å². The number of carbonyl (C=O) groups is 1. The van der Waals surface area contributed by atoms with Crippen LogP contribution < -0.4 is 15.5 Å². The van der Waals surface area contributed by atoms with Gasteiger partial charge in [0, 0.05) is 37.7 Å². The molecule has 0 aliphatic carbocycles. The molecule has 23 heavy (non-hydrogen) atoms. The molecule has 1 aromatic heterocycles. The van der Waals surface area contributed by atoms with E-state index in [9.17, 15) is 4.79 Å². The number of hydrogen-bond donors (Lipinski definition) is 2. The molecule has 6 nitrogen and oxygen atoms in total. The van der Waals surface area contributed by atoms with Gasteiger partial charge in [0.1, 0.15) is 5.69 Å². The number of nitrogens with one attached hydrogen (secondary N) is 2. The summed E-state index contributed by atoms with van der Waals surface area (Å²) >= 11 is 0. The highest BCUT2D eigenvalue weighted by Crippen LogP contribution is 2.18. The number of amides is 1. The first-order valence-electron chi connectivity index (χ1n) is 7.68. The molecule has 122 valence electrons. The Kier molecular flexibility index (Phi) is 5.51. The molecule has 6 heteroatoms. The van der Waals surface area contributed by atoms with Crippen molar-refractivity contribution in [3.63, 3.8) is 0 Å². The molecule has 0 aliphatic rings. The highest BCUT2D eigenvalue weighted by molar-refractivity contribution is 5.92. The van der Waals surface area contributed by atoms with Crippen molar-refractivity contribution in [1.82, 2.24) is 15.3 Å². The van der Waals surface area contributed by atoms with Crippen molar-refractivity contribution in [2.24, 2.45) is 0 Å². The minimum absolute atomic E-state index is 0.118.